The second-order valence-corrected chi connectivity index (χ2v) is 9.59. The largest absolute Gasteiger partial charge is 0.350 e. The van der Waals surface area contributed by atoms with Gasteiger partial charge in [0.1, 0.15) is 16.5 Å². The van der Waals surface area contributed by atoms with Crippen molar-refractivity contribution in [1.29, 1.82) is 0 Å². The third-order valence-electron chi connectivity index (χ3n) is 5.08. The highest BCUT2D eigenvalue weighted by Gasteiger charge is 2.19. The summed E-state index contributed by atoms with van der Waals surface area (Å²) in [5.41, 5.74) is 3.00. The topological polar surface area (TPSA) is 93.1 Å². The SMILES string of the molecule is CC(C)NC(=O)c1ccc(-c2nc3cc(NS(=O)(=O)c4ccccc4F)ccc3n2C)cc1. The zero-order chi connectivity index (χ0) is 23.8. The molecule has 0 unspecified atom stereocenters. The number of amides is 1. The summed E-state index contributed by atoms with van der Waals surface area (Å²) in [7, 11) is -2.23. The number of rotatable bonds is 6. The van der Waals surface area contributed by atoms with Crippen LogP contribution in [-0.2, 0) is 17.1 Å². The van der Waals surface area contributed by atoms with Crippen LogP contribution in [0.1, 0.15) is 24.2 Å². The van der Waals surface area contributed by atoms with Crippen LogP contribution in [0.4, 0.5) is 10.1 Å². The average molecular weight is 467 g/mol. The van der Waals surface area contributed by atoms with E-state index in [0.29, 0.717) is 16.9 Å². The van der Waals surface area contributed by atoms with Crippen molar-refractivity contribution in [2.75, 3.05) is 4.72 Å². The van der Waals surface area contributed by atoms with Crippen LogP contribution >= 0.6 is 0 Å². The Labute approximate surface area is 191 Å². The number of aryl methyl sites for hydroxylation is 1. The number of carbonyl (C=O) groups is 1. The summed E-state index contributed by atoms with van der Waals surface area (Å²) in [6.07, 6.45) is 0. The van der Waals surface area contributed by atoms with Gasteiger partial charge in [-0.15, -0.1) is 0 Å². The van der Waals surface area contributed by atoms with E-state index in [1.807, 2.05) is 37.6 Å². The van der Waals surface area contributed by atoms with Crippen molar-refractivity contribution in [2.45, 2.75) is 24.8 Å². The Morgan fingerprint density at radius 2 is 1.73 bits per heavy atom. The van der Waals surface area contributed by atoms with E-state index in [-0.39, 0.29) is 17.6 Å². The van der Waals surface area contributed by atoms with Crippen molar-refractivity contribution in [3.05, 3.63) is 78.1 Å². The van der Waals surface area contributed by atoms with Crippen LogP contribution in [0.15, 0.2) is 71.6 Å². The summed E-state index contributed by atoms with van der Waals surface area (Å²) in [4.78, 5) is 16.4. The number of carbonyl (C=O) groups excluding carboxylic acids is 1. The number of sulfonamides is 1. The number of fused-ring (bicyclic) bond motifs is 1. The van der Waals surface area contributed by atoms with Crippen LogP contribution in [0.2, 0.25) is 0 Å². The summed E-state index contributed by atoms with van der Waals surface area (Å²) in [5.74, 6) is -0.306. The van der Waals surface area contributed by atoms with Gasteiger partial charge < -0.3 is 9.88 Å². The van der Waals surface area contributed by atoms with E-state index in [4.69, 9.17) is 0 Å². The van der Waals surface area contributed by atoms with Gasteiger partial charge in [0.2, 0.25) is 0 Å². The molecule has 0 saturated carbocycles. The average Bonchev–Trinajstić information content (AvgIpc) is 3.09. The third-order valence-corrected chi connectivity index (χ3v) is 6.50. The molecular weight excluding hydrogens is 443 g/mol. The van der Waals surface area contributed by atoms with Crippen LogP contribution in [0.3, 0.4) is 0 Å². The van der Waals surface area contributed by atoms with Crippen LogP contribution in [0, 0.1) is 5.82 Å². The predicted octanol–water partition coefficient (Wildman–Crippen LogP) is 4.32. The smallest absolute Gasteiger partial charge is 0.264 e. The Hall–Kier alpha value is -3.72. The molecular formula is C24H23FN4O3S. The highest BCUT2D eigenvalue weighted by molar-refractivity contribution is 7.92. The monoisotopic (exact) mass is 466 g/mol. The molecule has 0 fully saturated rings. The van der Waals surface area contributed by atoms with E-state index >= 15 is 0 Å². The van der Waals surface area contributed by atoms with Crippen molar-refractivity contribution < 1.29 is 17.6 Å². The van der Waals surface area contributed by atoms with E-state index in [9.17, 15) is 17.6 Å². The fourth-order valence-electron chi connectivity index (χ4n) is 3.51. The van der Waals surface area contributed by atoms with Crippen molar-refractivity contribution in [3.63, 3.8) is 0 Å². The second-order valence-electron chi connectivity index (χ2n) is 7.94. The molecule has 0 radical (unpaired) electrons. The van der Waals surface area contributed by atoms with Gasteiger partial charge in [-0.3, -0.25) is 9.52 Å². The molecule has 0 aliphatic carbocycles. The molecule has 0 aliphatic heterocycles. The predicted molar refractivity (Wildman–Crippen MR) is 126 cm³/mol. The Balaban J connectivity index is 1.63. The van der Waals surface area contributed by atoms with E-state index < -0.39 is 20.7 Å². The molecule has 7 nitrogen and oxygen atoms in total. The zero-order valence-corrected chi connectivity index (χ0v) is 19.2. The van der Waals surface area contributed by atoms with E-state index in [1.54, 1.807) is 30.3 Å². The molecule has 0 bridgehead atoms. The maximum absolute atomic E-state index is 14.0. The lowest BCUT2D eigenvalue weighted by atomic mass is 10.1. The number of hydrogen-bond acceptors (Lipinski definition) is 4. The molecule has 0 aliphatic rings. The zero-order valence-electron chi connectivity index (χ0n) is 18.3. The molecule has 0 saturated heterocycles. The van der Waals surface area contributed by atoms with Crippen LogP contribution in [0.25, 0.3) is 22.4 Å². The normalized spacial score (nSPS) is 11.7. The number of nitrogens with one attached hydrogen (secondary N) is 2. The first-order chi connectivity index (χ1) is 15.7. The number of imidazole rings is 1. The van der Waals surface area contributed by atoms with Gasteiger partial charge >= 0.3 is 0 Å². The molecule has 1 aromatic heterocycles. The highest BCUT2D eigenvalue weighted by Crippen LogP contribution is 2.27. The van der Waals surface area contributed by atoms with Gasteiger partial charge in [0.05, 0.1) is 16.7 Å². The highest BCUT2D eigenvalue weighted by atomic mass is 32.2. The molecule has 170 valence electrons. The first-order valence-electron chi connectivity index (χ1n) is 10.3. The van der Waals surface area contributed by atoms with Crippen molar-refractivity contribution in [1.82, 2.24) is 14.9 Å². The fourth-order valence-corrected chi connectivity index (χ4v) is 4.64. The molecule has 4 rings (SSSR count). The van der Waals surface area contributed by atoms with Crippen molar-refractivity contribution >= 4 is 32.7 Å². The Morgan fingerprint density at radius 1 is 1.03 bits per heavy atom. The van der Waals surface area contributed by atoms with E-state index in [0.717, 1.165) is 17.1 Å². The van der Waals surface area contributed by atoms with Gasteiger partial charge in [-0.1, -0.05) is 24.3 Å². The number of hydrogen-bond donors (Lipinski definition) is 2. The molecule has 1 heterocycles. The van der Waals surface area contributed by atoms with Gasteiger partial charge in [-0.05, 0) is 56.3 Å². The first kappa shape index (κ1) is 22.5. The molecule has 4 aromatic rings. The van der Waals surface area contributed by atoms with Crippen LogP contribution in [0.5, 0.6) is 0 Å². The Bertz CT molecular complexity index is 1440. The molecule has 33 heavy (non-hydrogen) atoms. The first-order valence-corrected chi connectivity index (χ1v) is 11.8. The minimum Gasteiger partial charge on any atom is -0.350 e. The summed E-state index contributed by atoms with van der Waals surface area (Å²) >= 11 is 0. The third kappa shape index (κ3) is 4.58. The number of aromatic nitrogens is 2. The number of nitrogens with zero attached hydrogens (tertiary/aromatic N) is 2. The maximum Gasteiger partial charge on any atom is 0.264 e. The second kappa shape index (κ2) is 8.67. The van der Waals surface area contributed by atoms with Gasteiger partial charge in [-0.2, -0.15) is 0 Å². The summed E-state index contributed by atoms with van der Waals surface area (Å²) in [6, 6.07) is 17.3. The van der Waals surface area contributed by atoms with Crippen LogP contribution in [-0.4, -0.2) is 29.9 Å². The molecule has 0 atom stereocenters. The minimum atomic E-state index is -4.09. The number of benzene rings is 3. The minimum absolute atomic E-state index is 0.0435. The van der Waals surface area contributed by atoms with Gasteiger partial charge in [0.15, 0.2) is 0 Å². The quantitative estimate of drug-likeness (QED) is 0.443. The molecule has 2 N–H and O–H groups in total. The van der Waals surface area contributed by atoms with Gasteiger partial charge in [-0.25, -0.2) is 17.8 Å². The molecule has 0 spiro atoms. The van der Waals surface area contributed by atoms with Crippen molar-refractivity contribution in [2.24, 2.45) is 7.05 Å². The van der Waals surface area contributed by atoms with Crippen molar-refractivity contribution in [3.8, 4) is 11.4 Å². The maximum atomic E-state index is 14.0. The Morgan fingerprint density at radius 3 is 2.39 bits per heavy atom. The lowest BCUT2D eigenvalue weighted by Gasteiger charge is -2.09. The molecule has 3 aromatic carbocycles. The summed E-state index contributed by atoms with van der Waals surface area (Å²) in [5, 5.41) is 2.85. The van der Waals surface area contributed by atoms with Crippen LogP contribution < -0.4 is 10.0 Å². The van der Waals surface area contributed by atoms with E-state index in [1.165, 1.54) is 18.2 Å². The van der Waals surface area contributed by atoms with Gasteiger partial charge in [0, 0.05) is 24.2 Å². The number of halogens is 1. The molecule has 1 amide bonds. The molecule has 9 heteroatoms. The fraction of sp³-hybridized carbons (Fsp3) is 0.167. The van der Waals surface area contributed by atoms with E-state index in [2.05, 4.69) is 15.0 Å². The van der Waals surface area contributed by atoms with Gasteiger partial charge in [0.25, 0.3) is 15.9 Å². The lowest BCUT2D eigenvalue weighted by molar-refractivity contribution is 0.0943. The lowest BCUT2D eigenvalue weighted by Crippen LogP contribution is -2.29. The summed E-state index contributed by atoms with van der Waals surface area (Å²) in [6.45, 7) is 3.80. The summed E-state index contributed by atoms with van der Waals surface area (Å²) < 4.78 is 43.5. The standard InChI is InChI=1S/C24H23FN4O3S/c1-15(2)26-24(30)17-10-8-16(9-11-17)23-27-20-14-18(12-13-21(20)29(23)3)28-33(31,32)22-7-5-4-6-19(22)25/h4-15,28H,1-3H3,(H,26,30). The Kier molecular flexibility index (Phi) is 5.90. The number of anilines is 1.